The van der Waals surface area contributed by atoms with Crippen LogP contribution in [0, 0.1) is 6.92 Å². The topological polar surface area (TPSA) is 95.7 Å². The largest absolute Gasteiger partial charge is 0.368 e. The zero-order valence-electron chi connectivity index (χ0n) is 11.6. The van der Waals surface area contributed by atoms with Gasteiger partial charge in [0.05, 0.1) is 5.75 Å². The van der Waals surface area contributed by atoms with Crippen LogP contribution in [0.15, 0.2) is 33.9 Å². The molecular weight excluding hydrogens is 288 g/mol. The molecule has 0 aliphatic rings. The lowest BCUT2D eigenvalue weighted by Gasteiger charge is -1.97. The van der Waals surface area contributed by atoms with Crippen LogP contribution < -0.4 is 5.73 Å². The molecular formula is C13H14N6OS. The second kappa shape index (κ2) is 5.57. The van der Waals surface area contributed by atoms with Crippen LogP contribution in [0.1, 0.15) is 11.4 Å². The molecule has 0 saturated carbocycles. The van der Waals surface area contributed by atoms with Crippen LogP contribution in [0.4, 0.5) is 5.95 Å². The average molecular weight is 302 g/mol. The summed E-state index contributed by atoms with van der Waals surface area (Å²) < 4.78 is 7.00. The molecule has 3 aromatic rings. The normalized spacial score (nSPS) is 11.0. The van der Waals surface area contributed by atoms with Gasteiger partial charge in [0, 0.05) is 12.6 Å². The fourth-order valence-corrected chi connectivity index (χ4v) is 2.55. The van der Waals surface area contributed by atoms with Gasteiger partial charge in [0.2, 0.25) is 5.95 Å². The van der Waals surface area contributed by atoms with Crippen molar-refractivity contribution in [2.75, 3.05) is 5.73 Å². The van der Waals surface area contributed by atoms with Crippen LogP contribution in [-0.4, -0.2) is 24.9 Å². The standard InChI is InChI=1S/C13H14N6OS/c1-8-4-3-5-9(6-8)11-15-10(18-20-11)7-21-13-17-16-12(14)19(13)2/h3-6H,7H2,1-2H3,(H2,14,16). The molecule has 8 heteroatoms. The van der Waals surface area contributed by atoms with Crippen molar-refractivity contribution in [3.63, 3.8) is 0 Å². The highest BCUT2D eigenvalue weighted by Crippen LogP contribution is 2.23. The van der Waals surface area contributed by atoms with Crippen molar-refractivity contribution in [3.05, 3.63) is 35.7 Å². The number of hydrogen-bond acceptors (Lipinski definition) is 7. The summed E-state index contributed by atoms with van der Waals surface area (Å²) in [6.45, 7) is 2.02. The fraction of sp³-hybridized carbons (Fsp3) is 0.231. The number of nitrogens with zero attached hydrogens (tertiary/aromatic N) is 5. The molecule has 2 N–H and O–H groups in total. The number of anilines is 1. The molecule has 108 valence electrons. The Morgan fingerprint density at radius 2 is 2.19 bits per heavy atom. The van der Waals surface area contributed by atoms with Gasteiger partial charge in [-0.1, -0.05) is 34.6 Å². The molecule has 0 spiro atoms. The van der Waals surface area contributed by atoms with Gasteiger partial charge in [-0.05, 0) is 19.1 Å². The first kappa shape index (κ1) is 13.6. The van der Waals surface area contributed by atoms with Gasteiger partial charge in [-0.15, -0.1) is 10.2 Å². The number of thioether (sulfide) groups is 1. The van der Waals surface area contributed by atoms with Gasteiger partial charge in [-0.25, -0.2) is 0 Å². The van der Waals surface area contributed by atoms with Gasteiger partial charge in [-0.2, -0.15) is 4.98 Å². The number of aromatic nitrogens is 5. The number of hydrogen-bond donors (Lipinski definition) is 1. The van der Waals surface area contributed by atoms with E-state index < -0.39 is 0 Å². The highest BCUT2D eigenvalue weighted by Gasteiger charge is 2.12. The minimum atomic E-state index is 0.381. The third-order valence-electron chi connectivity index (χ3n) is 2.93. The van der Waals surface area contributed by atoms with E-state index >= 15 is 0 Å². The lowest BCUT2D eigenvalue weighted by atomic mass is 10.1. The third-order valence-corrected chi connectivity index (χ3v) is 3.95. The molecule has 0 saturated heterocycles. The Labute approximate surface area is 125 Å². The fourth-order valence-electron chi connectivity index (χ4n) is 1.79. The first-order valence-electron chi connectivity index (χ1n) is 6.31. The predicted octanol–water partition coefficient (Wildman–Crippen LogP) is 2.05. The van der Waals surface area contributed by atoms with Gasteiger partial charge in [-0.3, -0.25) is 4.57 Å². The highest BCUT2D eigenvalue weighted by atomic mass is 32.2. The zero-order valence-corrected chi connectivity index (χ0v) is 12.5. The Hall–Kier alpha value is -2.35. The summed E-state index contributed by atoms with van der Waals surface area (Å²) in [5.41, 5.74) is 7.70. The maximum absolute atomic E-state index is 5.63. The van der Waals surface area contributed by atoms with E-state index in [2.05, 4.69) is 20.3 Å². The summed E-state index contributed by atoms with van der Waals surface area (Å²) in [5, 5.41) is 12.5. The molecule has 21 heavy (non-hydrogen) atoms. The van der Waals surface area contributed by atoms with E-state index in [1.807, 2.05) is 38.2 Å². The van der Waals surface area contributed by atoms with Crippen molar-refractivity contribution in [2.24, 2.45) is 7.05 Å². The average Bonchev–Trinajstić information content (AvgIpc) is 3.06. The van der Waals surface area contributed by atoms with E-state index in [1.54, 1.807) is 4.57 Å². The van der Waals surface area contributed by atoms with E-state index in [1.165, 1.54) is 11.8 Å². The minimum absolute atomic E-state index is 0.381. The Bertz CT molecular complexity index is 766. The van der Waals surface area contributed by atoms with Crippen molar-refractivity contribution >= 4 is 17.7 Å². The van der Waals surface area contributed by atoms with Gasteiger partial charge < -0.3 is 10.3 Å². The smallest absolute Gasteiger partial charge is 0.257 e. The van der Waals surface area contributed by atoms with E-state index in [0.717, 1.165) is 16.3 Å². The van der Waals surface area contributed by atoms with Crippen molar-refractivity contribution in [3.8, 4) is 11.5 Å². The van der Waals surface area contributed by atoms with Crippen LogP contribution >= 0.6 is 11.8 Å². The number of benzene rings is 1. The van der Waals surface area contributed by atoms with Gasteiger partial charge >= 0.3 is 0 Å². The molecule has 0 aliphatic heterocycles. The van der Waals surface area contributed by atoms with E-state index in [0.29, 0.717) is 23.4 Å². The lowest BCUT2D eigenvalue weighted by Crippen LogP contribution is -1.98. The monoisotopic (exact) mass is 302 g/mol. The van der Waals surface area contributed by atoms with Crippen molar-refractivity contribution in [2.45, 2.75) is 17.8 Å². The Morgan fingerprint density at radius 1 is 1.33 bits per heavy atom. The maximum atomic E-state index is 5.63. The van der Waals surface area contributed by atoms with Crippen LogP contribution in [0.2, 0.25) is 0 Å². The summed E-state index contributed by atoms with van der Waals surface area (Å²) in [6.07, 6.45) is 0. The Balaban J connectivity index is 1.72. The summed E-state index contributed by atoms with van der Waals surface area (Å²) in [4.78, 5) is 4.39. The molecule has 0 radical (unpaired) electrons. The van der Waals surface area contributed by atoms with Crippen LogP contribution in [0.5, 0.6) is 0 Å². The van der Waals surface area contributed by atoms with Crippen molar-refractivity contribution < 1.29 is 4.52 Å². The van der Waals surface area contributed by atoms with Crippen LogP contribution in [-0.2, 0) is 12.8 Å². The second-order valence-corrected chi connectivity index (χ2v) is 5.52. The molecule has 2 heterocycles. The molecule has 2 aromatic heterocycles. The minimum Gasteiger partial charge on any atom is -0.368 e. The molecule has 0 amide bonds. The van der Waals surface area contributed by atoms with Crippen molar-refractivity contribution in [1.82, 2.24) is 24.9 Å². The van der Waals surface area contributed by atoms with E-state index in [4.69, 9.17) is 10.3 Å². The molecule has 0 atom stereocenters. The first-order chi connectivity index (χ1) is 10.1. The molecule has 1 aromatic carbocycles. The quantitative estimate of drug-likeness (QED) is 0.737. The number of rotatable bonds is 4. The van der Waals surface area contributed by atoms with Crippen molar-refractivity contribution in [1.29, 1.82) is 0 Å². The maximum Gasteiger partial charge on any atom is 0.257 e. The summed E-state index contributed by atoms with van der Waals surface area (Å²) in [5.74, 6) is 2.05. The molecule has 0 fully saturated rings. The predicted molar refractivity (Wildman–Crippen MR) is 79.4 cm³/mol. The summed E-state index contributed by atoms with van der Waals surface area (Å²) in [6, 6.07) is 7.94. The molecule has 0 bridgehead atoms. The molecule has 0 aliphatic carbocycles. The zero-order chi connectivity index (χ0) is 14.8. The second-order valence-electron chi connectivity index (χ2n) is 4.57. The number of nitrogens with two attached hydrogens (primary N) is 1. The SMILES string of the molecule is Cc1cccc(-c2nc(CSc3nnc(N)n3C)no2)c1. The van der Waals surface area contributed by atoms with Crippen LogP contribution in [0.3, 0.4) is 0 Å². The third kappa shape index (κ3) is 2.89. The first-order valence-corrected chi connectivity index (χ1v) is 7.29. The molecule has 0 unspecified atom stereocenters. The highest BCUT2D eigenvalue weighted by molar-refractivity contribution is 7.98. The lowest BCUT2D eigenvalue weighted by molar-refractivity contribution is 0.425. The Morgan fingerprint density at radius 3 is 2.90 bits per heavy atom. The van der Waals surface area contributed by atoms with Gasteiger partial charge in [0.25, 0.3) is 5.89 Å². The summed E-state index contributed by atoms with van der Waals surface area (Å²) in [7, 11) is 1.81. The van der Waals surface area contributed by atoms with Crippen LogP contribution in [0.25, 0.3) is 11.5 Å². The van der Waals surface area contributed by atoms with E-state index in [9.17, 15) is 0 Å². The molecule has 7 nitrogen and oxygen atoms in total. The molecule has 3 rings (SSSR count). The van der Waals surface area contributed by atoms with E-state index in [-0.39, 0.29) is 0 Å². The Kier molecular flexibility index (Phi) is 3.61. The summed E-state index contributed by atoms with van der Waals surface area (Å²) >= 11 is 1.46. The van der Waals surface area contributed by atoms with Gasteiger partial charge in [0.1, 0.15) is 0 Å². The van der Waals surface area contributed by atoms with Gasteiger partial charge in [0.15, 0.2) is 11.0 Å². The number of nitrogen functional groups attached to an aromatic ring is 1. The number of aryl methyl sites for hydroxylation is 1.